The fraction of sp³-hybridized carbons (Fsp3) is 0.286. The molecule has 2 N–H and O–H groups in total. The number of hydrogen-bond acceptors (Lipinski definition) is 5. The molecule has 1 aliphatic rings. The van der Waals surface area contributed by atoms with Gasteiger partial charge in [-0.15, -0.1) is 0 Å². The Labute approximate surface area is 237 Å². The van der Waals surface area contributed by atoms with Crippen molar-refractivity contribution in [1.82, 2.24) is 4.90 Å². The number of piperazine rings is 1. The van der Waals surface area contributed by atoms with Crippen LogP contribution in [0.2, 0.25) is 0 Å². The van der Waals surface area contributed by atoms with Crippen molar-refractivity contribution in [2.75, 3.05) is 37.7 Å². The Morgan fingerprint density at radius 1 is 0.889 bits per heavy atom. The molecule has 3 aromatic rings. The molecular formula is C28H31N2O5Y-. The summed E-state index contributed by atoms with van der Waals surface area (Å²) in [5.41, 5.74) is 4.74. The van der Waals surface area contributed by atoms with Crippen molar-refractivity contribution in [2.45, 2.75) is 20.0 Å². The number of benzene rings is 3. The molecule has 0 spiro atoms. The van der Waals surface area contributed by atoms with E-state index in [1.165, 1.54) is 11.1 Å². The fourth-order valence-electron chi connectivity index (χ4n) is 3.60. The van der Waals surface area contributed by atoms with Gasteiger partial charge in [0.05, 0.1) is 18.8 Å². The van der Waals surface area contributed by atoms with Gasteiger partial charge >= 0.3 is 5.97 Å². The molecule has 0 saturated carbocycles. The molecule has 0 unspecified atom stereocenters. The van der Waals surface area contributed by atoms with Crippen LogP contribution in [0.4, 0.5) is 5.69 Å². The molecule has 187 valence electrons. The second kappa shape index (κ2) is 15.4. The van der Waals surface area contributed by atoms with Gasteiger partial charge in [-0.3, -0.25) is 0 Å². The molecular weight excluding hydrogens is 533 g/mol. The zero-order chi connectivity index (χ0) is 25.0. The standard InChI is InChI=1S/C16H18O2.C12H13N2O3.Y/c1-13-2-4-14(5-3-13)10-11-18-16-8-6-15(12-17)7-9-16;15-9-13-5-7-14(8-6-13)11-3-1-10(2-4-11)12(16)17;/h2-9,17H,10-12H2,1H3;1-4H,5-8H2,(H,16,17);/q;-1;. The van der Waals surface area contributed by atoms with Crippen molar-refractivity contribution in [1.29, 1.82) is 0 Å². The number of aromatic carboxylic acids is 1. The quantitative estimate of drug-likeness (QED) is 0.406. The second-order valence-electron chi connectivity index (χ2n) is 8.30. The van der Waals surface area contributed by atoms with E-state index in [-0.39, 0.29) is 44.9 Å². The van der Waals surface area contributed by atoms with Crippen LogP contribution in [-0.4, -0.2) is 60.3 Å². The van der Waals surface area contributed by atoms with E-state index in [4.69, 9.17) is 14.9 Å². The minimum atomic E-state index is -0.920. The minimum Gasteiger partial charge on any atom is -0.520 e. The molecule has 0 aromatic heterocycles. The summed E-state index contributed by atoms with van der Waals surface area (Å²) in [4.78, 5) is 24.9. The van der Waals surface area contributed by atoms with Gasteiger partial charge in [-0.05, 0) is 54.4 Å². The van der Waals surface area contributed by atoms with Crippen LogP contribution in [0.25, 0.3) is 0 Å². The first-order chi connectivity index (χ1) is 17.0. The Hall–Kier alpha value is -2.74. The maximum absolute atomic E-state index is 10.7. The van der Waals surface area contributed by atoms with E-state index >= 15 is 0 Å². The molecule has 1 radical (unpaired) electrons. The van der Waals surface area contributed by atoms with Gasteiger partial charge in [0.1, 0.15) is 5.75 Å². The van der Waals surface area contributed by atoms with E-state index in [0.717, 1.165) is 36.5 Å². The van der Waals surface area contributed by atoms with E-state index in [1.807, 2.05) is 30.7 Å². The van der Waals surface area contributed by atoms with Crippen LogP contribution < -0.4 is 9.64 Å². The van der Waals surface area contributed by atoms with E-state index in [0.29, 0.717) is 19.7 Å². The summed E-state index contributed by atoms with van der Waals surface area (Å²) in [6, 6.07) is 22.8. The molecule has 0 bridgehead atoms. The summed E-state index contributed by atoms with van der Waals surface area (Å²) in [7, 11) is 0. The number of carboxylic acid groups (broad SMARTS) is 1. The molecule has 0 atom stereocenters. The average Bonchev–Trinajstić information content (AvgIpc) is 2.91. The Kier molecular flexibility index (Phi) is 12.6. The molecule has 4 rings (SSSR count). The first kappa shape index (κ1) is 29.5. The average molecular weight is 564 g/mol. The number of hydrogen-bond donors (Lipinski definition) is 2. The van der Waals surface area contributed by atoms with Gasteiger partial charge in [0.25, 0.3) is 0 Å². The first-order valence-corrected chi connectivity index (χ1v) is 11.6. The number of aryl methyl sites for hydroxylation is 1. The van der Waals surface area contributed by atoms with Gasteiger partial charge in [-0.2, -0.15) is 6.41 Å². The van der Waals surface area contributed by atoms with Crippen molar-refractivity contribution in [3.63, 3.8) is 0 Å². The summed E-state index contributed by atoms with van der Waals surface area (Å²) in [6.45, 7) is 5.64. The van der Waals surface area contributed by atoms with Gasteiger partial charge < -0.3 is 29.5 Å². The Morgan fingerprint density at radius 3 is 2.00 bits per heavy atom. The summed E-state index contributed by atoms with van der Waals surface area (Å²) in [5, 5.41) is 17.7. The largest absolute Gasteiger partial charge is 0.520 e. The van der Waals surface area contributed by atoms with Crippen molar-refractivity contribution < 1.29 is 57.2 Å². The molecule has 1 aliphatic heterocycles. The number of aliphatic hydroxyl groups excluding tert-OH is 1. The third-order valence-corrected chi connectivity index (χ3v) is 5.77. The van der Waals surface area contributed by atoms with Gasteiger partial charge in [0.2, 0.25) is 0 Å². The van der Waals surface area contributed by atoms with E-state index in [9.17, 15) is 9.59 Å². The van der Waals surface area contributed by atoms with Crippen LogP contribution in [0.15, 0.2) is 72.8 Å². The predicted octanol–water partition coefficient (Wildman–Crippen LogP) is 3.68. The van der Waals surface area contributed by atoms with E-state index < -0.39 is 5.97 Å². The van der Waals surface area contributed by atoms with Crippen molar-refractivity contribution in [3.05, 3.63) is 95.1 Å². The first-order valence-electron chi connectivity index (χ1n) is 11.6. The van der Waals surface area contributed by atoms with Crippen LogP contribution in [0, 0.1) is 6.92 Å². The molecule has 0 aliphatic carbocycles. The summed E-state index contributed by atoms with van der Waals surface area (Å²) in [6.07, 6.45) is 2.78. The van der Waals surface area contributed by atoms with E-state index in [1.54, 1.807) is 29.2 Å². The monoisotopic (exact) mass is 564 g/mol. The van der Waals surface area contributed by atoms with Gasteiger partial charge in [0.15, 0.2) is 0 Å². The fourth-order valence-corrected chi connectivity index (χ4v) is 3.60. The van der Waals surface area contributed by atoms with E-state index in [2.05, 4.69) is 36.1 Å². The Balaban J connectivity index is 0.000000247. The zero-order valence-corrected chi connectivity index (χ0v) is 23.3. The van der Waals surface area contributed by atoms with Gasteiger partial charge in [0, 0.05) is 71.0 Å². The number of amides is 1. The number of carbonyl (C=O) groups excluding carboxylic acids is 1. The number of rotatable bonds is 8. The molecule has 8 heteroatoms. The molecule has 1 amide bonds. The number of ether oxygens (including phenoxy) is 1. The molecule has 1 fully saturated rings. The number of anilines is 1. The number of carbonyl (C=O) groups is 1. The predicted molar refractivity (Wildman–Crippen MR) is 136 cm³/mol. The van der Waals surface area contributed by atoms with Crippen LogP contribution >= 0.6 is 0 Å². The molecule has 3 aromatic carbocycles. The normalized spacial score (nSPS) is 12.6. The third kappa shape index (κ3) is 9.38. The smallest absolute Gasteiger partial charge is 0.335 e. The number of nitrogens with zero attached hydrogens (tertiary/aromatic N) is 2. The van der Waals surface area contributed by atoms with Crippen LogP contribution in [0.3, 0.4) is 0 Å². The van der Waals surface area contributed by atoms with Crippen LogP contribution in [0.5, 0.6) is 5.75 Å². The summed E-state index contributed by atoms with van der Waals surface area (Å²) in [5.74, 6) is -0.0729. The van der Waals surface area contributed by atoms with Crippen molar-refractivity contribution in [3.8, 4) is 5.75 Å². The molecule has 1 saturated heterocycles. The SMILES string of the molecule is Cc1ccc(CCOc2ccc(CO)cc2)cc1.O=[C-]N1CCN(c2ccc(C(=O)O)cc2)CC1.[Y]. The van der Waals surface area contributed by atoms with Gasteiger partial charge in [-0.25, -0.2) is 4.79 Å². The second-order valence-corrected chi connectivity index (χ2v) is 8.30. The van der Waals surface area contributed by atoms with Crippen molar-refractivity contribution >= 4 is 18.1 Å². The maximum atomic E-state index is 10.7. The molecule has 7 nitrogen and oxygen atoms in total. The Bertz CT molecular complexity index is 1060. The van der Waals surface area contributed by atoms with Crippen LogP contribution in [0.1, 0.15) is 27.0 Å². The number of aliphatic hydroxyl groups is 1. The maximum Gasteiger partial charge on any atom is 0.335 e. The minimum absolute atomic E-state index is 0. The molecule has 36 heavy (non-hydrogen) atoms. The summed E-state index contributed by atoms with van der Waals surface area (Å²) >= 11 is 0. The van der Waals surface area contributed by atoms with Crippen molar-refractivity contribution in [2.24, 2.45) is 0 Å². The third-order valence-electron chi connectivity index (χ3n) is 5.77. The topological polar surface area (TPSA) is 90.3 Å². The molecule has 1 heterocycles. The summed E-state index contributed by atoms with van der Waals surface area (Å²) < 4.78 is 5.66. The Morgan fingerprint density at radius 2 is 1.47 bits per heavy atom. The number of carboxylic acids is 1. The van der Waals surface area contributed by atoms with Gasteiger partial charge in [-0.1, -0.05) is 42.0 Å². The van der Waals surface area contributed by atoms with Crippen LogP contribution in [-0.2, 0) is 50.5 Å². The zero-order valence-electron chi connectivity index (χ0n) is 20.5.